The zero-order chi connectivity index (χ0) is 20.1. The van der Waals surface area contributed by atoms with Crippen LogP contribution in [0.15, 0.2) is 60.8 Å². The molecule has 0 radical (unpaired) electrons. The third-order valence-corrected chi connectivity index (χ3v) is 3.64. The Kier molecular flexibility index (Phi) is 5.67. The Labute approximate surface area is 160 Å². The predicted octanol–water partition coefficient (Wildman–Crippen LogP) is 5.77. The maximum Gasteiger partial charge on any atom is 0.416 e. The monoisotopic (exact) mass is 388 g/mol. The molecule has 2 aromatic carbocycles. The molecule has 5 nitrogen and oxygen atoms in total. The molecular weight excluding hydrogens is 369 g/mol. The summed E-state index contributed by atoms with van der Waals surface area (Å²) in [7, 11) is 0. The summed E-state index contributed by atoms with van der Waals surface area (Å²) in [5.74, 6) is 1.44. The van der Waals surface area contributed by atoms with Crippen molar-refractivity contribution in [2.45, 2.75) is 26.1 Å². The summed E-state index contributed by atoms with van der Waals surface area (Å²) in [6.45, 7) is 3.86. The number of rotatable bonds is 6. The van der Waals surface area contributed by atoms with Gasteiger partial charge < -0.3 is 15.4 Å². The predicted molar refractivity (Wildman–Crippen MR) is 102 cm³/mol. The van der Waals surface area contributed by atoms with Crippen LogP contribution in [0.25, 0.3) is 0 Å². The van der Waals surface area contributed by atoms with Crippen LogP contribution in [-0.4, -0.2) is 16.1 Å². The van der Waals surface area contributed by atoms with Crippen LogP contribution in [0.5, 0.6) is 5.75 Å². The minimum atomic E-state index is -4.37. The number of aromatic nitrogens is 2. The lowest BCUT2D eigenvalue weighted by Crippen LogP contribution is -2.08. The Bertz CT molecular complexity index is 927. The van der Waals surface area contributed by atoms with E-state index >= 15 is 0 Å². The Hall–Kier alpha value is -3.29. The average molecular weight is 388 g/mol. The van der Waals surface area contributed by atoms with Crippen molar-refractivity contribution in [3.8, 4) is 5.75 Å². The van der Waals surface area contributed by atoms with Gasteiger partial charge in [0.05, 0.1) is 17.4 Å². The van der Waals surface area contributed by atoms with Gasteiger partial charge in [0.1, 0.15) is 11.6 Å². The van der Waals surface area contributed by atoms with Gasteiger partial charge in [0.15, 0.2) is 0 Å². The highest BCUT2D eigenvalue weighted by atomic mass is 19.4. The van der Waals surface area contributed by atoms with E-state index in [1.165, 1.54) is 12.1 Å². The Morgan fingerprint density at radius 2 is 1.64 bits per heavy atom. The molecule has 1 heterocycles. The molecule has 0 saturated carbocycles. The molecule has 3 aromatic rings. The van der Waals surface area contributed by atoms with Gasteiger partial charge in [-0.1, -0.05) is 12.1 Å². The number of alkyl halides is 3. The number of benzene rings is 2. The molecule has 8 heteroatoms. The van der Waals surface area contributed by atoms with Crippen molar-refractivity contribution in [3.05, 3.63) is 66.4 Å². The van der Waals surface area contributed by atoms with E-state index in [4.69, 9.17) is 4.74 Å². The van der Waals surface area contributed by atoms with Crippen molar-refractivity contribution < 1.29 is 17.9 Å². The summed E-state index contributed by atoms with van der Waals surface area (Å²) in [5.41, 5.74) is 0.494. The molecule has 0 aliphatic rings. The van der Waals surface area contributed by atoms with Crippen LogP contribution in [0.3, 0.4) is 0 Å². The smallest absolute Gasteiger partial charge is 0.416 e. The summed E-state index contributed by atoms with van der Waals surface area (Å²) < 4.78 is 43.7. The molecule has 28 heavy (non-hydrogen) atoms. The molecule has 1 aromatic heterocycles. The van der Waals surface area contributed by atoms with Gasteiger partial charge in [-0.25, -0.2) is 4.98 Å². The molecular formula is C20H19F3N4O. The van der Waals surface area contributed by atoms with E-state index in [0.717, 1.165) is 12.1 Å². The highest BCUT2D eigenvalue weighted by Gasteiger charge is 2.29. The van der Waals surface area contributed by atoms with Crippen molar-refractivity contribution >= 4 is 23.1 Å². The highest BCUT2D eigenvalue weighted by Crippen LogP contribution is 2.30. The van der Waals surface area contributed by atoms with Crippen LogP contribution in [0.1, 0.15) is 19.4 Å². The molecule has 0 spiro atoms. The van der Waals surface area contributed by atoms with Gasteiger partial charge in [-0.15, -0.1) is 0 Å². The molecule has 3 rings (SSSR count). The first kappa shape index (κ1) is 19.5. The first-order valence-corrected chi connectivity index (χ1v) is 8.61. The summed E-state index contributed by atoms with van der Waals surface area (Å²) in [5, 5.41) is 6.06. The number of ether oxygens (including phenoxy) is 1. The number of hydrogen-bond donors (Lipinski definition) is 2. The Morgan fingerprint density at radius 3 is 2.32 bits per heavy atom. The second-order valence-electron chi connectivity index (χ2n) is 6.25. The van der Waals surface area contributed by atoms with Crippen LogP contribution < -0.4 is 15.4 Å². The number of anilines is 4. The van der Waals surface area contributed by atoms with E-state index in [9.17, 15) is 13.2 Å². The van der Waals surface area contributed by atoms with Gasteiger partial charge in [0, 0.05) is 11.9 Å². The van der Waals surface area contributed by atoms with E-state index in [-0.39, 0.29) is 6.10 Å². The van der Waals surface area contributed by atoms with Crippen LogP contribution >= 0.6 is 0 Å². The van der Waals surface area contributed by atoms with Crippen molar-refractivity contribution in [2.75, 3.05) is 10.6 Å². The minimum absolute atomic E-state index is 0.0107. The van der Waals surface area contributed by atoms with E-state index in [1.807, 2.05) is 38.1 Å². The molecule has 0 aliphatic heterocycles. The van der Waals surface area contributed by atoms with Gasteiger partial charge in [-0.05, 0) is 56.3 Å². The molecule has 0 amide bonds. The van der Waals surface area contributed by atoms with Gasteiger partial charge in [-0.3, -0.25) is 0 Å². The first-order chi connectivity index (χ1) is 13.3. The maximum absolute atomic E-state index is 12.7. The fourth-order valence-electron chi connectivity index (χ4n) is 2.43. The number of para-hydroxylation sites is 2. The third kappa shape index (κ3) is 5.12. The molecule has 146 valence electrons. The SMILES string of the molecule is CC(C)Oc1ccccc1Nc1nccc(Nc2ccc(C(F)(F)F)cc2)n1. The summed E-state index contributed by atoms with van der Waals surface area (Å²) in [6, 6.07) is 13.8. The van der Waals surface area contributed by atoms with Crippen LogP contribution in [0, 0.1) is 0 Å². The molecule has 0 fully saturated rings. The van der Waals surface area contributed by atoms with Gasteiger partial charge >= 0.3 is 6.18 Å². The van der Waals surface area contributed by atoms with Crippen molar-refractivity contribution in [1.82, 2.24) is 9.97 Å². The van der Waals surface area contributed by atoms with E-state index in [0.29, 0.717) is 28.9 Å². The largest absolute Gasteiger partial charge is 0.489 e. The van der Waals surface area contributed by atoms with E-state index in [1.54, 1.807) is 12.3 Å². The van der Waals surface area contributed by atoms with Gasteiger partial charge in [0.25, 0.3) is 0 Å². The summed E-state index contributed by atoms with van der Waals surface area (Å²) >= 11 is 0. The normalized spacial score (nSPS) is 11.4. The summed E-state index contributed by atoms with van der Waals surface area (Å²) in [6.07, 6.45) is -2.81. The molecule has 0 aliphatic carbocycles. The molecule has 2 N–H and O–H groups in total. The van der Waals surface area contributed by atoms with Crippen LogP contribution in [0.4, 0.5) is 36.3 Å². The quantitative estimate of drug-likeness (QED) is 0.561. The highest BCUT2D eigenvalue weighted by molar-refractivity contribution is 5.64. The first-order valence-electron chi connectivity index (χ1n) is 8.61. The number of hydrogen-bond acceptors (Lipinski definition) is 5. The van der Waals surface area contributed by atoms with Crippen molar-refractivity contribution in [2.24, 2.45) is 0 Å². The lowest BCUT2D eigenvalue weighted by atomic mass is 10.2. The lowest BCUT2D eigenvalue weighted by molar-refractivity contribution is -0.137. The van der Waals surface area contributed by atoms with Crippen LogP contribution in [-0.2, 0) is 6.18 Å². The second kappa shape index (κ2) is 8.16. The Balaban J connectivity index is 1.75. The van der Waals surface area contributed by atoms with Crippen molar-refractivity contribution in [3.63, 3.8) is 0 Å². The standard InChI is InChI=1S/C20H19F3N4O/c1-13(2)28-17-6-4-3-5-16(17)26-19-24-12-11-18(27-19)25-15-9-7-14(8-10-15)20(21,22)23/h3-13H,1-2H3,(H2,24,25,26,27). The fraction of sp³-hybridized carbons (Fsp3) is 0.200. The molecule has 0 atom stereocenters. The molecule has 0 saturated heterocycles. The molecule has 0 unspecified atom stereocenters. The number of halogens is 3. The summed E-state index contributed by atoms with van der Waals surface area (Å²) in [4.78, 5) is 8.52. The second-order valence-corrected chi connectivity index (χ2v) is 6.25. The van der Waals surface area contributed by atoms with E-state index in [2.05, 4.69) is 20.6 Å². The average Bonchev–Trinajstić information content (AvgIpc) is 2.63. The zero-order valence-electron chi connectivity index (χ0n) is 15.3. The lowest BCUT2D eigenvalue weighted by Gasteiger charge is -2.15. The number of nitrogens with zero attached hydrogens (tertiary/aromatic N) is 2. The third-order valence-electron chi connectivity index (χ3n) is 3.64. The van der Waals surface area contributed by atoms with E-state index < -0.39 is 11.7 Å². The Morgan fingerprint density at radius 1 is 0.929 bits per heavy atom. The number of nitrogens with one attached hydrogen (secondary N) is 2. The van der Waals surface area contributed by atoms with Gasteiger partial charge in [0.2, 0.25) is 5.95 Å². The van der Waals surface area contributed by atoms with Crippen molar-refractivity contribution in [1.29, 1.82) is 0 Å². The topological polar surface area (TPSA) is 59.1 Å². The molecule has 0 bridgehead atoms. The zero-order valence-corrected chi connectivity index (χ0v) is 15.3. The minimum Gasteiger partial charge on any atom is -0.489 e. The van der Waals surface area contributed by atoms with Crippen LogP contribution in [0.2, 0.25) is 0 Å². The van der Waals surface area contributed by atoms with Gasteiger partial charge in [-0.2, -0.15) is 18.2 Å². The fourth-order valence-corrected chi connectivity index (χ4v) is 2.43. The maximum atomic E-state index is 12.7.